The van der Waals surface area contributed by atoms with Crippen LogP contribution >= 0.6 is 0 Å². The molecule has 33 heavy (non-hydrogen) atoms. The second-order valence-corrected chi connectivity index (χ2v) is 12.0. The predicted molar refractivity (Wildman–Crippen MR) is 128 cm³/mol. The summed E-state index contributed by atoms with van der Waals surface area (Å²) in [5, 5.41) is 8.15. The number of nitrogens with one attached hydrogen (secondary N) is 1. The highest BCUT2D eigenvalue weighted by Gasteiger charge is 2.43. The van der Waals surface area contributed by atoms with Gasteiger partial charge >= 0.3 is 0 Å². The van der Waals surface area contributed by atoms with Crippen molar-refractivity contribution >= 4 is 15.9 Å². The molecule has 1 saturated heterocycles. The number of rotatable bonds is 7. The zero-order valence-electron chi connectivity index (χ0n) is 20.3. The van der Waals surface area contributed by atoms with Gasteiger partial charge in [-0.3, -0.25) is 4.68 Å². The molecule has 8 heteroatoms. The number of sulfone groups is 1. The Bertz CT molecular complexity index is 1140. The summed E-state index contributed by atoms with van der Waals surface area (Å²) in [4.78, 5) is 0.276. The lowest BCUT2D eigenvalue weighted by Crippen LogP contribution is -2.47. The third-order valence-electron chi connectivity index (χ3n) is 6.79. The summed E-state index contributed by atoms with van der Waals surface area (Å²) in [6, 6.07) is 7.20. The smallest absolute Gasteiger partial charge is 0.225 e. The van der Waals surface area contributed by atoms with Crippen LogP contribution in [0.15, 0.2) is 39.8 Å². The van der Waals surface area contributed by atoms with Crippen molar-refractivity contribution in [3.8, 4) is 0 Å². The molecule has 1 unspecified atom stereocenters. The molecular formula is C25H35N3O4S. The Morgan fingerprint density at radius 1 is 1.18 bits per heavy atom. The van der Waals surface area contributed by atoms with Crippen molar-refractivity contribution < 1.29 is 17.9 Å². The Morgan fingerprint density at radius 3 is 2.58 bits per heavy atom. The third-order valence-corrected chi connectivity index (χ3v) is 8.52. The van der Waals surface area contributed by atoms with Crippen LogP contribution in [-0.4, -0.2) is 58.2 Å². The van der Waals surface area contributed by atoms with Crippen LogP contribution in [-0.2, 0) is 38.2 Å². The van der Waals surface area contributed by atoms with Gasteiger partial charge < -0.3 is 14.8 Å². The Labute approximate surface area is 197 Å². The summed E-state index contributed by atoms with van der Waals surface area (Å²) in [6.45, 7) is 9.56. The number of nitrogens with zero attached hydrogens (tertiary/aromatic N) is 2. The molecule has 1 atom stereocenters. The van der Waals surface area contributed by atoms with E-state index in [-0.39, 0.29) is 20.8 Å². The highest BCUT2D eigenvalue weighted by Crippen LogP contribution is 2.44. The van der Waals surface area contributed by atoms with Gasteiger partial charge in [0.15, 0.2) is 5.03 Å². The molecular weight excluding hydrogens is 438 g/mol. The lowest BCUT2D eigenvalue weighted by molar-refractivity contribution is 0.0232. The first-order chi connectivity index (χ1) is 15.6. The van der Waals surface area contributed by atoms with Crippen LogP contribution in [0.4, 0.5) is 0 Å². The van der Waals surface area contributed by atoms with Gasteiger partial charge in [0.2, 0.25) is 9.84 Å². The number of piperidine rings is 1. The van der Waals surface area contributed by atoms with Crippen molar-refractivity contribution in [1.29, 1.82) is 0 Å². The zero-order valence-corrected chi connectivity index (χ0v) is 21.1. The van der Waals surface area contributed by atoms with Crippen LogP contribution in [0, 0.1) is 5.41 Å². The second kappa shape index (κ2) is 8.98. The lowest BCUT2D eigenvalue weighted by Gasteiger charge is -2.42. The minimum absolute atomic E-state index is 0.0448. The van der Waals surface area contributed by atoms with E-state index in [4.69, 9.17) is 9.47 Å². The molecule has 2 heterocycles. The Morgan fingerprint density at radius 2 is 1.91 bits per heavy atom. The van der Waals surface area contributed by atoms with E-state index >= 15 is 0 Å². The maximum atomic E-state index is 13.7. The molecule has 1 N–H and O–H groups in total. The van der Waals surface area contributed by atoms with Gasteiger partial charge in [0.05, 0.1) is 30.4 Å². The molecule has 1 aliphatic heterocycles. The van der Waals surface area contributed by atoms with Crippen LogP contribution < -0.4 is 5.32 Å². The van der Waals surface area contributed by atoms with E-state index in [0.29, 0.717) is 26.2 Å². The molecule has 180 valence electrons. The average Bonchev–Trinajstić information content (AvgIpc) is 3.10. The van der Waals surface area contributed by atoms with E-state index in [0.717, 1.165) is 36.3 Å². The molecule has 4 rings (SSSR count). The number of aromatic nitrogens is 2. The molecule has 7 nitrogen and oxygen atoms in total. The van der Waals surface area contributed by atoms with Gasteiger partial charge in [0.1, 0.15) is 0 Å². The molecule has 0 bridgehead atoms. The molecule has 0 spiro atoms. The second-order valence-electron chi connectivity index (χ2n) is 10.2. The van der Waals surface area contributed by atoms with Crippen molar-refractivity contribution in [3.05, 3.63) is 46.7 Å². The molecule has 0 amide bonds. The SMILES string of the molecule is COCCOCC12CNCCC1=Cc1c(c(S(=O)(=O)c3ccc(C(C)(C)C)cc3)nn1C)C2. The van der Waals surface area contributed by atoms with Gasteiger partial charge in [-0.2, -0.15) is 5.10 Å². The van der Waals surface area contributed by atoms with E-state index in [9.17, 15) is 8.42 Å². The molecule has 1 aliphatic carbocycles. The lowest BCUT2D eigenvalue weighted by atomic mass is 9.69. The number of methoxy groups -OCH3 is 1. The summed E-state index contributed by atoms with van der Waals surface area (Å²) in [7, 11) is -0.282. The standard InChI is InChI=1S/C25H35N3O4S/c1-24(2,3)18-6-8-20(9-7-18)33(29,30)23-21-15-25(17-32-13-12-31-5)16-26-11-10-19(25)14-22(21)28(4)27-23/h6-9,14,26H,10-13,15-17H2,1-5H3. The largest absolute Gasteiger partial charge is 0.382 e. The molecule has 0 saturated carbocycles. The van der Waals surface area contributed by atoms with Gasteiger partial charge in [-0.1, -0.05) is 38.5 Å². The third kappa shape index (κ3) is 4.54. The highest BCUT2D eigenvalue weighted by molar-refractivity contribution is 7.91. The van der Waals surface area contributed by atoms with Crippen molar-refractivity contribution in [1.82, 2.24) is 15.1 Å². The highest BCUT2D eigenvalue weighted by atomic mass is 32.2. The normalized spacial score (nSPS) is 20.8. The van der Waals surface area contributed by atoms with Crippen LogP contribution in [0.1, 0.15) is 44.0 Å². The predicted octanol–water partition coefficient (Wildman–Crippen LogP) is 3.13. The first kappa shape index (κ1) is 24.1. The van der Waals surface area contributed by atoms with E-state index in [1.165, 1.54) is 5.57 Å². The zero-order chi connectivity index (χ0) is 23.9. The van der Waals surface area contributed by atoms with Gasteiger partial charge in [-0.25, -0.2) is 8.42 Å². The molecule has 2 aliphatic rings. The summed E-state index contributed by atoms with van der Waals surface area (Å²) >= 11 is 0. The fourth-order valence-corrected chi connectivity index (χ4v) is 6.25. The van der Waals surface area contributed by atoms with Crippen molar-refractivity contribution in [2.24, 2.45) is 12.5 Å². The van der Waals surface area contributed by atoms with Crippen molar-refractivity contribution in [3.63, 3.8) is 0 Å². The van der Waals surface area contributed by atoms with E-state index in [1.807, 2.05) is 19.2 Å². The summed E-state index contributed by atoms with van der Waals surface area (Å²) < 4.78 is 40.2. The first-order valence-electron chi connectivity index (χ1n) is 11.5. The molecule has 2 aromatic rings. The van der Waals surface area contributed by atoms with Gasteiger partial charge in [-0.15, -0.1) is 0 Å². The Hall–Kier alpha value is -2.00. The topological polar surface area (TPSA) is 82.4 Å². The monoisotopic (exact) mass is 473 g/mol. The Balaban J connectivity index is 1.72. The maximum Gasteiger partial charge on any atom is 0.225 e. The number of hydrogen-bond donors (Lipinski definition) is 1. The summed E-state index contributed by atoms with van der Waals surface area (Å²) in [5.41, 5.74) is 3.73. The molecule has 1 aromatic carbocycles. The van der Waals surface area contributed by atoms with Crippen molar-refractivity contribution in [2.45, 2.75) is 48.9 Å². The number of ether oxygens (including phenoxy) is 2. The summed E-state index contributed by atoms with van der Waals surface area (Å²) in [5.74, 6) is 0. The van der Waals surface area contributed by atoms with Crippen LogP contribution in [0.5, 0.6) is 0 Å². The van der Waals surface area contributed by atoms with Gasteiger partial charge in [-0.05, 0) is 48.6 Å². The van der Waals surface area contributed by atoms with Gasteiger partial charge in [0.25, 0.3) is 0 Å². The first-order valence-corrected chi connectivity index (χ1v) is 13.0. The van der Waals surface area contributed by atoms with E-state index in [1.54, 1.807) is 23.9 Å². The fraction of sp³-hybridized carbons (Fsp3) is 0.560. The molecule has 1 aromatic heterocycles. The minimum Gasteiger partial charge on any atom is -0.382 e. The number of benzene rings is 1. The maximum absolute atomic E-state index is 13.7. The average molecular weight is 474 g/mol. The van der Waals surface area contributed by atoms with E-state index < -0.39 is 9.84 Å². The minimum atomic E-state index is -3.76. The fourth-order valence-electron chi connectivity index (χ4n) is 4.80. The van der Waals surface area contributed by atoms with Crippen LogP contribution in [0.2, 0.25) is 0 Å². The van der Waals surface area contributed by atoms with Crippen LogP contribution in [0.25, 0.3) is 6.08 Å². The van der Waals surface area contributed by atoms with Crippen molar-refractivity contribution in [2.75, 3.05) is 40.0 Å². The van der Waals surface area contributed by atoms with E-state index in [2.05, 4.69) is 37.3 Å². The number of hydrogen-bond acceptors (Lipinski definition) is 6. The summed E-state index contributed by atoms with van der Waals surface area (Å²) in [6.07, 6.45) is 3.62. The number of fused-ring (bicyclic) bond motifs is 2. The van der Waals surface area contributed by atoms with Gasteiger partial charge in [0, 0.05) is 31.7 Å². The number of aryl methyl sites for hydroxylation is 1. The quantitative estimate of drug-likeness (QED) is 0.622. The Kier molecular flexibility index (Phi) is 6.57. The van der Waals surface area contributed by atoms with Crippen LogP contribution in [0.3, 0.4) is 0 Å². The molecule has 0 radical (unpaired) electrons. The molecule has 1 fully saturated rings.